The van der Waals surface area contributed by atoms with Crippen LogP contribution in [-0.4, -0.2) is 49.4 Å². The second-order valence-corrected chi connectivity index (χ2v) is 6.81. The Kier molecular flexibility index (Phi) is 5.75. The summed E-state index contributed by atoms with van der Waals surface area (Å²) in [6.45, 7) is 3.49. The molecule has 2 aromatic rings. The summed E-state index contributed by atoms with van der Waals surface area (Å²) in [7, 11) is 3.63. The number of carbonyl (C=O) groups is 1. The molecule has 144 valence electrons. The molecule has 0 spiro atoms. The number of likely N-dealkylation sites (N-methyl/N-ethyl adjacent to an activating group) is 1. The Morgan fingerprint density at radius 3 is 2.81 bits per heavy atom. The Morgan fingerprint density at radius 1 is 1.30 bits per heavy atom. The number of nitrogens with one attached hydrogen (secondary N) is 1. The van der Waals surface area contributed by atoms with Crippen molar-refractivity contribution < 1.29 is 9.53 Å². The largest absolute Gasteiger partial charge is 0.399 e. The SMILES string of the molecule is Cc1ccc(N)cc1NC(=O)N(C)c1cc(N(C)CC2CCCO2)ncn1. The fourth-order valence-electron chi connectivity index (χ4n) is 2.99. The van der Waals surface area contributed by atoms with Gasteiger partial charge >= 0.3 is 6.03 Å². The van der Waals surface area contributed by atoms with Crippen molar-refractivity contribution in [3.8, 4) is 0 Å². The van der Waals surface area contributed by atoms with Crippen LogP contribution in [0.5, 0.6) is 0 Å². The Labute approximate surface area is 159 Å². The number of rotatable bonds is 5. The van der Waals surface area contributed by atoms with Crippen LogP contribution in [0.1, 0.15) is 18.4 Å². The third kappa shape index (κ3) is 4.65. The molecule has 0 bridgehead atoms. The van der Waals surface area contributed by atoms with Crippen molar-refractivity contribution >= 4 is 29.0 Å². The molecular weight excluding hydrogens is 344 g/mol. The van der Waals surface area contributed by atoms with Gasteiger partial charge in [-0.05, 0) is 37.5 Å². The third-order valence-corrected chi connectivity index (χ3v) is 4.68. The van der Waals surface area contributed by atoms with Crippen molar-refractivity contribution in [2.45, 2.75) is 25.9 Å². The van der Waals surface area contributed by atoms with E-state index in [9.17, 15) is 4.79 Å². The number of benzene rings is 1. The van der Waals surface area contributed by atoms with Crippen LogP contribution in [0.15, 0.2) is 30.6 Å². The predicted octanol–water partition coefficient (Wildman–Crippen LogP) is 2.65. The highest BCUT2D eigenvalue weighted by molar-refractivity contribution is 6.01. The standard InChI is InChI=1S/C19H26N6O2/c1-13-6-7-14(20)9-16(13)23-19(26)25(3)18-10-17(21-12-22-18)24(2)11-15-5-4-8-27-15/h6-7,9-10,12,15H,4-5,8,11,20H2,1-3H3,(H,23,26). The summed E-state index contributed by atoms with van der Waals surface area (Å²) in [6, 6.07) is 6.90. The van der Waals surface area contributed by atoms with Crippen molar-refractivity contribution in [1.29, 1.82) is 0 Å². The van der Waals surface area contributed by atoms with Crippen LogP contribution in [0.4, 0.5) is 27.8 Å². The second kappa shape index (κ2) is 8.22. The first-order chi connectivity index (χ1) is 12.9. The van der Waals surface area contributed by atoms with E-state index in [0.29, 0.717) is 17.2 Å². The van der Waals surface area contributed by atoms with E-state index in [1.54, 1.807) is 25.2 Å². The molecule has 0 saturated carbocycles. The highest BCUT2D eigenvalue weighted by Gasteiger charge is 2.19. The van der Waals surface area contributed by atoms with Crippen LogP contribution >= 0.6 is 0 Å². The van der Waals surface area contributed by atoms with E-state index in [-0.39, 0.29) is 12.1 Å². The fourth-order valence-corrected chi connectivity index (χ4v) is 2.99. The maximum atomic E-state index is 12.6. The van der Waals surface area contributed by atoms with Gasteiger partial charge in [0.2, 0.25) is 0 Å². The number of ether oxygens (including phenoxy) is 1. The minimum Gasteiger partial charge on any atom is -0.399 e. The summed E-state index contributed by atoms with van der Waals surface area (Å²) < 4.78 is 5.68. The molecule has 1 aromatic carbocycles. The molecule has 1 aliphatic rings. The number of hydrogen-bond acceptors (Lipinski definition) is 6. The minimum atomic E-state index is -0.296. The van der Waals surface area contributed by atoms with Crippen LogP contribution in [0.25, 0.3) is 0 Å². The lowest BCUT2D eigenvalue weighted by Gasteiger charge is -2.23. The first kappa shape index (κ1) is 18.9. The zero-order valence-corrected chi connectivity index (χ0v) is 16.0. The van der Waals surface area contributed by atoms with Crippen molar-refractivity contribution in [2.24, 2.45) is 0 Å². The Bertz CT molecular complexity index is 807. The first-order valence-electron chi connectivity index (χ1n) is 8.99. The number of hydrogen-bond donors (Lipinski definition) is 2. The van der Waals surface area contributed by atoms with Crippen LogP contribution < -0.4 is 20.9 Å². The van der Waals surface area contributed by atoms with E-state index >= 15 is 0 Å². The normalized spacial score (nSPS) is 16.2. The predicted molar refractivity (Wildman–Crippen MR) is 107 cm³/mol. The molecule has 2 amide bonds. The lowest BCUT2D eigenvalue weighted by Crippen LogP contribution is -2.33. The van der Waals surface area contributed by atoms with E-state index in [1.165, 1.54) is 11.2 Å². The third-order valence-electron chi connectivity index (χ3n) is 4.68. The molecule has 3 rings (SSSR count). The van der Waals surface area contributed by atoms with Gasteiger partial charge < -0.3 is 20.7 Å². The Balaban J connectivity index is 1.69. The maximum absolute atomic E-state index is 12.6. The van der Waals surface area contributed by atoms with E-state index < -0.39 is 0 Å². The molecule has 27 heavy (non-hydrogen) atoms. The molecule has 8 heteroatoms. The molecule has 1 saturated heterocycles. The number of amides is 2. The quantitative estimate of drug-likeness (QED) is 0.786. The molecule has 1 aliphatic heterocycles. The van der Waals surface area contributed by atoms with Gasteiger partial charge in [0.15, 0.2) is 0 Å². The summed E-state index contributed by atoms with van der Waals surface area (Å²) in [6.07, 6.45) is 3.84. The number of aromatic nitrogens is 2. The van der Waals surface area contributed by atoms with Crippen molar-refractivity contribution in [3.63, 3.8) is 0 Å². The Morgan fingerprint density at radius 2 is 2.07 bits per heavy atom. The molecule has 1 unspecified atom stereocenters. The maximum Gasteiger partial charge on any atom is 0.327 e. The summed E-state index contributed by atoms with van der Waals surface area (Å²) in [4.78, 5) is 24.6. The second-order valence-electron chi connectivity index (χ2n) is 6.81. The van der Waals surface area contributed by atoms with Crippen LogP contribution in [-0.2, 0) is 4.74 Å². The summed E-state index contributed by atoms with van der Waals surface area (Å²) >= 11 is 0. The molecular formula is C19H26N6O2. The van der Waals surface area contributed by atoms with Gasteiger partial charge in [-0.3, -0.25) is 4.90 Å². The number of anilines is 4. The molecule has 0 aliphatic carbocycles. The average Bonchev–Trinajstić information content (AvgIpc) is 3.17. The van der Waals surface area contributed by atoms with Crippen molar-refractivity contribution in [1.82, 2.24) is 9.97 Å². The number of nitrogens with two attached hydrogens (primary N) is 1. The zero-order valence-electron chi connectivity index (χ0n) is 16.0. The molecule has 1 atom stereocenters. The van der Waals surface area contributed by atoms with Gasteiger partial charge in [0.1, 0.15) is 18.0 Å². The van der Waals surface area contributed by atoms with Crippen LogP contribution in [0, 0.1) is 6.92 Å². The molecule has 3 N–H and O–H groups in total. The lowest BCUT2D eigenvalue weighted by atomic mass is 10.2. The number of nitrogen functional groups attached to an aromatic ring is 1. The van der Waals surface area contributed by atoms with E-state index in [0.717, 1.165) is 37.4 Å². The smallest absolute Gasteiger partial charge is 0.327 e. The highest BCUT2D eigenvalue weighted by Crippen LogP contribution is 2.21. The van der Waals surface area contributed by atoms with Gasteiger partial charge in [0.25, 0.3) is 0 Å². The van der Waals surface area contributed by atoms with Crippen molar-refractivity contribution in [2.75, 3.05) is 48.1 Å². The number of aryl methyl sites for hydroxylation is 1. The van der Waals surface area contributed by atoms with Crippen LogP contribution in [0.3, 0.4) is 0 Å². The Hall–Kier alpha value is -2.87. The summed E-state index contributed by atoms with van der Waals surface area (Å²) in [5, 5.41) is 2.87. The van der Waals surface area contributed by atoms with Gasteiger partial charge in [-0.1, -0.05) is 6.07 Å². The molecule has 8 nitrogen and oxygen atoms in total. The van der Waals surface area contributed by atoms with E-state index in [2.05, 4.69) is 15.3 Å². The topological polar surface area (TPSA) is 96.6 Å². The summed E-state index contributed by atoms with van der Waals surface area (Å²) in [5.74, 6) is 1.26. The molecule has 1 aromatic heterocycles. The van der Waals surface area contributed by atoms with Gasteiger partial charge in [0.05, 0.1) is 6.10 Å². The first-order valence-corrected chi connectivity index (χ1v) is 8.99. The van der Waals surface area contributed by atoms with Gasteiger partial charge in [-0.15, -0.1) is 0 Å². The fraction of sp³-hybridized carbons (Fsp3) is 0.421. The number of nitrogens with zero attached hydrogens (tertiary/aromatic N) is 4. The minimum absolute atomic E-state index is 0.223. The van der Waals surface area contributed by atoms with E-state index in [1.807, 2.05) is 24.9 Å². The highest BCUT2D eigenvalue weighted by atomic mass is 16.5. The number of carbonyl (C=O) groups excluding carboxylic acids is 1. The average molecular weight is 370 g/mol. The summed E-state index contributed by atoms with van der Waals surface area (Å²) in [5.41, 5.74) is 8.02. The molecule has 2 heterocycles. The van der Waals surface area contributed by atoms with Crippen molar-refractivity contribution in [3.05, 3.63) is 36.2 Å². The lowest BCUT2D eigenvalue weighted by molar-refractivity contribution is 0.116. The monoisotopic (exact) mass is 370 g/mol. The number of urea groups is 1. The molecule has 0 radical (unpaired) electrons. The zero-order chi connectivity index (χ0) is 19.4. The van der Waals surface area contributed by atoms with Gasteiger partial charge in [-0.2, -0.15) is 0 Å². The van der Waals surface area contributed by atoms with E-state index in [4.69, 9.17) is 10.5 Å². The van der Waals surface area contributed by atoms with Gasteiger partial charge in [-0.25, -0.2) is 14.8 Å². The molecule has 1 fully saturated rings. The van der Waals surface area contributed by atoms with Crippen LogP contribution in [0.2, 0.25) is 0 Å². The van der Waals surface area contributed by atoms with Gasteiger partial charge in [0, 0.05) is 44.7 Å².